The number of benzene rings is 1. The van der Waals surface area contributed by atoms with Crippen molar-refractivity contribution in [3.8, 4) is 5.75 Å². The fourth-order valence-electron chi connectivity index (χ4n) is 4.03. The molecule has 2 aliphatic carbocycles. The molecule has 132 valence electrons. The van der Waals surface area contributed by atoms with Crippen LogP contribution >= 0.6 is 0 Å². The zero-order valence-electron chi connectivity index (χ0n) is 13.2. The summed E-state index contributed by atoms with van der Waals surface area (Å²) in [6.07, 6.45) is 4.60. The van der Waals surface area contributed by atoms with E-state index in [1.54, 1.807) is 0 Å². The summed E-state index contributed by atoms with van der Waals surface area (Å²) in [5.74, 6) is -0.863. The van der Waals surface area contributed by atoms with E-state index in [9.17, 15) is 18.0 Å². The molecular formula is C17H21F3N2O2. The Bertz CT molecular complexity index is 597. The standard InChI is InChI=1S/C17H21F3N2O2/c18-12-4-5-13(14(8-12)24-17(19)20)22-16(23)11-6-9-2-1-3-10(7-11)15(9)21/h4-5,8-11,15,17H,1-3,6-7,21H2,(H,22,23). The Morgan fingerprint density at radius 2 is 1.92 bits per heavy atom. The van der Waals surface area contributed by atoms with Gasteiger partial charge >= 0.3 is 6.61 Å². The van der Waals surface area contributed by atoms with Gasteiger partial charge in [-0.05, 0) is 49.7 Å². The van der Waals surface area contributed by atoms with Gasteiger partial charge in [0.25, 0.3) is 0 Å². The number of halogens is 3. The lowest BCUT2D eigenvalue weighted by Gasteiger charge is -2.43. The number of rotatable bonds is 4. The molecule has 24 heavy (non-hydrogen) atoms. The van der Waals surface area contributed by atoms with Gasteiger partial charge in [0, 0.05) is 18.0 Å². The highest BCUT2D eigenvalue weighted by Crippen LogP contribution is 2.42. The largest absolute Gasteiger partial charge is 0.432 e. The average Bonchev–Trinajstić information content (AvgIpc) is 2.49. The first-order valence-electron chi connectivity index (χ1n) is 8.25. The summed E-state index contributed by atoms with van der Waals surface area (Å²) in [4.78, 5) is 12.5. The number of nitrogens with one attached hydrogen (secondary N) is 1. The van der Waals surface area contributed by atoms with Gasteiger partial charge in [-0.15, -0.1) is 0 Å². The van der Waals surface area contributed by atoms with Crippen LogP contribution in [0.4, 0.5) is 18.9 Å². The molecule has 3 rings (SSSR count). The molecule has 0 aromatic heterocycles. The summed E-state index contributed by atoms with van der Waals surface area (Å²) in [6, 6.07) is 3.32. The molecule has 1 aromatic rings. The number of fused-ring (bicyclic) bond motifs is 2. The van der Waals surface area contributed by atoms with E-state index in [1.165, 1.54) is 6.07 Å². The molecule has 0 saturated heterocycles. The van der Waals surface area contributed by atoms with Gasteiger partial charge in [0.2, 0.25) is 5.91 Å². The second-order valence-corrected chi connectivity index (χ2v) is 6.70. The molecule has 2 fully saturated rings. The smallest absolute Gasteiger partial charge is 0.387 e. The van der Waals surface area contributed by atoms with Gasteiger partial charge in [-0.1, -0.05) is 6.42 Å². The monoisotopic (exact) mass is 342 g/mol. The third-order valence-corrected chi connectivity index (χ3v) is 5.20. The van der Waals surface area contributed by atoms with Gasteiger partial charge in [-0.2, -0.15) is 8.78 Å². The minimum Gasteiger partial charge on any atom is -0.432 e. The summed E-state index contributed by atoms with van der Waals surface area (Å²) in [6.45, 7) is -3.09. The molecule has 2 atom stereocenters. The number of ether oxygens (including phenoxy) is 1. The van der Waals surface area contributed by atoms with E-state index in [0.29, 0.717) is 24.7 Å². The zero-order valence-corrected chi connectivity index (χ0v) is 13.2. The number of amides is 1. The van der Waals surface area contributed by atoms with Crippen molar-refractivity contribution in [2.75, 3.05) is 5.32 Å². The maximum absolute atomic E-state index is 13.2. The van der Waals surface area contributed by atoms with Crippen LogP contribution in [0.15, 0.2) is 18.2 Å². The number of nitrogens with two attached hydrogens (primary N) is 1. The zero-order chi connectivity index (χ0) is 17.3. The summed E-state index contributed by atoms with van der Waals surface area (Å²) in [5, 5.41) is 2.61. The molecule has 0 spiro atoms. The summed E-state index contributed by atoms with van der Waals surface area (Å²) >= 11 is 0. The lowest BCUT2D eigenvalue weighted by atomic mass is 9.65. The van der Waals surface area contributed by atoms with E-state index in [2.05, 4.69) is 10.1 Å². The van der Waals surface area contributed by atoms with Gasteiger partial charge < -0.3 is 15.8 Å². The molecule has 2 unspecified atom stereocenters. The van der Waals surface area contributed by atoms with Gasteiger partial charge in [-0.25, -0.2) is 4.39 Å². The summed E-state index contributed by atoms with van der Waals surface area (Å²) in [7, 11) is 0. The lowest BCUT2D eigenvalue weighted by Crippen LogP contribution is -2.48. The van der Waals surface area contributed by atoms with Crippen molar-refractivity contribution in [2.24, 2.45) is 23.5 Å². The van der Waals surface area contributed by atoms with Crippen molar-refractivity contribution in [1.82, 2.24) is 0 Å². The Labute approximate surface area is 138 Å². The number of carbonyl (C=O) groups excluding carboxylic acids is 1. The Hall–Kier alpha value is -1.76. The number of hydrogen-bond donors (Lipinski definition) is 2. The predicted octanol–water partition coefficient (Wildman–Crippen LogP) is 3.52. The molecule has 2 aliphatic rings. The van der Waals surface area contributed by atoms with Crippen molar-refractivity contribution in [2.45, 2.75) is 44.8 Å². The average molecular weight is 342 g/mol. The van der Waals surface area contributed by atoms with Crippen LogP contribution in [0.1, 0.15) is 32.1 Å². The molecule has 2 saturated carbocycles. The second-order valence-electron chi connectivity index (χ2n) is 6.70. The quantitative estimate of drug-likeness (QED) is 0.880. The molecule has 1 aromatic carbocycles. The van der Waals surface area contributed by atoms with Crippen LogP contribution in [0, 0.1) is 23.6 Å². The summed E-state index contributed by atoms with van der Waals surface area (Å²) in [5.41, 5.74) is 6.28. The van der Waals surface area contributed by atoms with Gasteiger partial charge in [0.1, 0.15) is 5.82 Å². The third-order valence-electron chi connectivity index (χ3n) is 5.20. The molecule has 2 bridgehead atoms. The molecular weight excluding hydrogens is 321 g/mol. The third kappa shape index (κ3) is 3.66. The highest BCUT2D eigenvalue weighted by atomic mass is 19.3. The number of hydrogen-bond acceptors (Lipinski definition) is 3. The first kappa shape index (κ1) is 17.1. The topological polar surface area (TPSA) is 64.4 Å². The van der Waals surface area contributed by atoms with E-state index in [4.69, 9.17) is 5.73 Å². The molecule has 0 aliphatic heterocycles. The second kappa shape index (κ2) is 7.01. The molecule has 4 nitrogen and oxygen atoms in total. The number of carbonyl (C=O) groups is 1. The fraction of sp³-hybridized carbons (Fsp3) is 0.588. The molecule has 0 radical (unpaired) electrons. The van der Waals surface area contributed by atoms with Crippen molar-refractivity contribution in [1.29, 1.82) is 0 Å². The minimum atomic E-state index is -3.09. The van der Waals surface area contributed by atoms with Crippen LogP contribution < -0.4 is 15.8 Å². The Balaban J connectivity index is 1.71. The summed E-state index contributed by atoms with van der Waals surface area (Å²) < 4.78 is 42.4. The van der Waals surface area contributed by atoms with Crippen molar-refractivity contribution in [3.63, 3.8) is 0 Å². The van der Waals surface area contributed by atoms with Gasteiger partial charge in [-0.3, -0.25) is 4.79 Å². The molecule has 7 heteroatoms. The maximum atomic E-state index is 13.2. The van der Waals surface area contributed by atoms with Gasteiger partial charge in [0.15, 0.2) is 5.75 Å². The first-order chi connectivity index (χ1) is 11.4. The van der Waals surface area contributed by atoms with Crippen molar-refractivity contribution in [3.05, 3.63) is 24.0 Å². The Morgan fingerprint density at radius 1 is 1.25 bits per heavy atom. The van der Waals surface area contributed by atoms with Gasteiger partial charge in [0.05, 0.1) is 5.69 Å². The predicted molar refractivity (Wildman–Crippen MR) is 83.2 cm³/mol. The molecule has 1 amide bonds. The SMILES string of the molecule is NC1C2CCCC1CC(C(=O)Nc1ccc(F)cc1OC(F)F)C2. The normalized spacial score (nSPS) is 29.4. The molecule has 0 heterocycles. The molecule has 3 N–H and O–H groups in total. The van der Waals surface area contributed by atoms with Crippen LogP contribution in [0.2, 0.25) is 0 Å². The Kier molecular flexibility index (Phi) is 4.99. The number of anilines is 1. The van der Waals surface area contributed by atoms with E-state index in [1.807, 2.05) is 0 Å². The minimum absolute atomic E-state index is 0.0572. The first-order valence-corrected chi connectivity index (χ1v) is 8.25. The van der Waals surface area contributed by atoms with Crippen molar-refractivity contribution < 1.29 is 22.7 Å². The highest BCUT2D eigenvalue weighted by molar-refractivity contribution is 5.94. The van der Waals surface area contributed by atoms with Crippen molar-refractivity contribution >= 4 is 11.6 Å². The number of alkyl halides is 2. The fourth-order valence-corrected chi connectivity index (χ4v) is 4.03. The van der Waals surface area contributed by atoms with E-state index in [0.717, 1.165) is 31.4 Å². The highest BCUT2D eigenvalue weighted by Gasteiger charge is 2.40. The Morgan fingerprint density at radius 3 is 2.54 bits per heavy atom. The lowest BCUT2D eigenvalue weighted by molar-refractivity contribution is -0.122. The van der Waals surface area contributed by atoms with E-state index in [-0.39, 0.29) is 29.3 Å². The van der Waals surface area contributed by atoms with Crippen LogP contribution in [0.25, 0.3) is 0 Å². The van der Waals surface area contributed by atoms with E-state index >= 15 is 0 Å². The van der Waals surface area contributed by atoms with E-state index < -0.39 is 12.4 Å². The van der Waals surface area contributed by atoms with Crippen LogP contribution in [-0.2, 0) is 4.79 Å². The van der Waals surface area contributed by atoms with Crippen LogP contribution in [-0.4, -0.2) is 18.6 Å². The van der Waals surface area contributed by atoms with Crippen LogP contribution in [0.3, 0.4) is 0 Å². The van der Waals surface area contributed by atoms with Crippen LogP contribution in [0.5, 0.6) is 5.75 Å². The maximum Gasteiger partial charge on any atom is 0.387 e.